The Bertz CT molecular complexity index is 1870. The molecule has 78 heavy (non-hydrogen) atoms. The zero-order valence-corrected chi connectivity index (χ0v) is 40.6. The Kier molecular flexibility index (Phi) is 20.7. The van der Waals surface area contributed by atoms with Crippen molar-refractivity contribution in [2.24, 2.45) is 0 Å². The summed E-state index contributed by atoms with van der Waals surface area (Å²) in [6, 6.07) is 0. The molecule has 36 nitrogen and oxygen atoms in total. The second kappa shape index (κ2) is 25.8. The van der Waals surface area contributed by atoms with E-state index in [2.05, 4.69) is 0 Å². The molecule has 454 valence electrons. The Hall–Kier alpha value is -1.44. The molecule has 23 aliphatic heterocycles. The second-order valence-corrected chi connectivity index (χ2v) is 19.8. The van der Waals surface area contributed by atoms with Gasteiger partial charge >= 0.3 is 5.97 Å². The summed E-state index contributed by atoms with van der Waals surface area (Å²) < 4.78 is 79.6. The number of hydrogen-bond donors (Lipinski definition) is 22. The quantitative estimate of drug-likeness (QED) is 0.0953. The SMILES string of the molecule is OC[C@H]1O[C@@H]2O[C@H]3C(O)C(O)[C@H](O[C@@H]3CO)O[C@H]3C(O)C(O)[C@H](O[C@@H]3CO)O[C@H]3C(O)C(O)[C@H](O[C@@H]3CO)O[C@H]3C(O)C(O)[C@H](O[C@@H]3CO)O[C@H]3C(O)C(O)C(OC1C(O[C@@]1(O)O[C@H](CO)[C@@H](O)[C@H](O)[C@@H]1O)C2O)O[C@@H]3CO. The molecule has 0 aromatic rings. The van der Waals surface area contributed by atoms with Crippen LogP contribution in [0.2, 0.25) is 0 Å². The van der Waals surface area contributed by atoms with Crippen LogP contribution in [-0.2, 0) is 66.3 Å². The van der Waals surface area contributed by atoms with Crippen molar-refractivity contribution in [3.63, 3.8) is 0 Å². The van der Waals surface area contributed by atoms with Crippen LogP contribution in [0.25, 0.3) is 0 Å². The van der Waals surface area contributed by atoms with Gasteiger partial charge in [-0.05, 0) is 0 Å². The molecule has 23 rings (SSSR count). The largest absolute Gasteiger partial charge is 0.394 e. The van der Waals surface area contributed by atoms with Crippen LogP contribution in [0, 0.1) is 0 Å². The lowest BCUT2D eigenvalue weighted by Gasteiger charge is -2.52. The summed E-state index contributed by atoms with van der Waals surface area (Å²) in [6.07, 6.45) is -72.3. The summed E-state index contributed by atoms with van der Waals surface area (Å²) in [5.74, 6) is -3.57. The van der Waals surface area contributed by atoms with Crippen LogP contribution in [0.4, 0.5) is 0 Å². The van der Waals surface area contributed by atoms with Crippen LogP contribution < -0.4 is 0 Å². The van der Waals surface area contributed by atoms with Crippen molar-refractivity contribution < 1.29 is 179 Å². The first kappa shape index (κ1) is 62.6. The van der Waals surface area contributed by atoms with E-state index in [1.807, 2.05) is 0 Å². The third kappa shape index (κ3) is 11.8. The zero-order valence-electron chi connectivity index (χ0n) is 40.6. The third-order valence-corrected chi connectivity index (χ3v) is 14.9. The van der Waals surface area contributed by atoms with E-state index in [9.17, 15) is 112 Å². The average molecular weight is 1150 g/mol. The molecule has 23 fully saturated rings. The van der Waals surface area contributed by atoms with Gasteiger partial charge in [-0.1, -0.05) is 0 Å². The predicted octanol–water partition coefficient (Wildman–Crippen LogP) is -15.9. The Balaban J connectivity index is 1.15. The molecule has 0 aliphatic carbocycles. The first-order valence-electron chi connectivity index (χ1n) is 24.7. The lowest BCUT2D eigenvalue weighted by molar-refractivity contribution is -0.480. The van der Waals surface area contributed by atoms with Gasteiger partial charge in [0.15, 0.2) is 43.8 Å². The maximum Gasteiger partial charge on any atom is 0.311 e. The van der Waals surface area contributed by atoms with Gasteiger partial charge in [-0.15, -0.1) is 0 Å². The smallest absolute Gasteiger partial charge is 0.311 e. The van der Waals surface area contributed by atoms with Crippen molar-refractivity contribution in [1.82, 2.24) is 0 Å². The third-order valence-electron chi connectivity index (χ3n) is 14.9. The summed E-state index contributed by atoms with van der Waals surface area (Å²) in [5, 5.41) is 242. The van der Waals surface area contributed by atoms with Gasteiger partial charge in [0.2, 0.25) is 0 Å². The van der Waals surface area contributed by atoms with E-state index >= 15 is 0 Å². The maximum absolute atomic E-state index is 12.0. The number of rotatable bonds is 9. The second-order valence-electron chi connectivity index (χ2n) is 19.8. The Morgan fingerprint density at radius 2 is 0.487 bits per heavy atom. The van der Waals surface area contributed by atoms with Crippen molar-refractivity contribution >= 4 is 0 Å². The first-order valence-corrected chi connectivity index (χ1v) is 24.7. The minimum absolute atomic E-state index is 1.04. The van der Waals surface area contributed by atoms with E-state index in [-0.39, 0.29) is 0 Å². The number of ether oxygens (including phenoxy) is 14. The van der Waals surface area contributed by atoms with Crippen LogP contribution in [0.1, 0.15) is 0 Å². The Morgan fingerprint density at radius 1 is 0.256 bits per heavy atom. The van der Waals surface area contributed by atoms with Gasteiger partial charge in [0.25, 0.3) is 0 Å². The molecule has 0 aromatic heterocycles. The van der Waals surface area contributed by atoms with Crippen LogP contribution in [0.5, 0.6) is 0 Å². The predicted molar refractivity (Wildman–Crippen MR) is 230 cm³/mol. The van der Waals surface area contributed by atoms with Crippen LogP contribution >= 0.6 is 0 Å². The number of aliphatic hydroxyl groups is 22. The molecule has 35 atom stereocenters. The number of aliphatic hydroxyl groups excluding tert-OH is 21. The molecule has 36 heteroatoms. The minimum atomic E-state index is -3.57. The monoisotopic (exact) mass is 1150 g/mol. The van der Waals surface area contributed by atoms with E-state index in [0.29, 0.717) is 0 Å². The van der Waals surface area contributed by atoms with Crippen molar-refractivity contribution in [3.8, 4) is 0 Å². The zero-order chi connectivity index (χ0) is 57.0. The molecule has 23 aliphatic rings. The van der Waals surface area contributed by atoms with Gasteiger partial charge in [-0.25, -0.2) is 0 Å². The Morgan fingerprint density at radius 3 is 0.744 bits per heavy atom. The molecule has 14 unspecified atom stereocenters. The van der Waals surface area contributed by atoms with Gasteiger partial charge in [0.05, 0.1) is 46.2 Å². The van der Waals surface area contributed by atoms with Gasteiger partial charge < -0.3 is 179 Å². The standard InChI is InChI=1S/C42H70O36/c43-1-8-15(50)21(56)35(63)42(64,77-8)78-34-27(62)41-70-14(7-49)33(34)76-40-26(61)20(55)31(12(5-47)69-40)74-38-24(59)18(53)29(10(3-45)67-38)72-36-22(57)16(51)28(9(2-44)65-36)71-37-23(58)17(52)30(11(4-46)66-37)73-39-25(60)19(54)32(75-41)13(6-48)68-39/h8-41,43-64H,1-7H2/t8-,9-,10-,11-,12-,13-,14-,15-,16?,17?,18?,19?,20?,21+,22?,23?,24?,25?,26?,27?,28-,29-,30-,31-,32-,33?,34?,35+,36-,37-,38-,39-,40?,41-,42+/m1/s1. The van der Waals surface area contributed by atoms with Crippen molar-refractivity contribution in [2.75, 3.05) is 46.2 Å². The lowest BCUT2D eigenvalue weighted by Crippen LogP contribution is -2.71. The molecule has 0 amide bonds. The molecular weight excluding hydrogens is 1080 g/mol. The number of hydrogen-bond acceptors (Lipinski definition) is 36. The summed E-state index contributed by atoms with van der Waals surface area (Å²) in [6.45, 7) is -7.83. The molecular formula is C42H70O36. The average Bonchev–Trinajstić information content (AvgIpc) is 3.48. The van der Waals surface area contributed by atoms with E-state index < -0.39 is 261 Å². The van der Waals surface area contributed by atoms with Gasteiger partial charge in [0, 0.05) is 0 Å². The van der Waals surface area contributed by atoms with Crippen molar-refractivity contribution in [3.05, 3.63) is 0 Å². The Labute approximate surface area is 439 Å². The van der Waals surface area contributed by atoms with E-state index in [4.69, 9.17) is 66.3 Å². The van der Waals surface area contributed by atoms with Crippen molar-refractivity contribution in [2.45, 2.75) is 215 Å². The fourth-order valence-electron chi connectivity index (χ4n) is 10.5. The van der Waals surface area contributed by atoms with Crippen LogP contribution in [-0.4, -0.2) is 373 Å². The maximum atomic E-state index is 12.0. The molecule has 0 spiro atoms. The highest BCUT2D eigenvalue weighted by molar-refractivity contribution is 5.02. The summed E-state index contributed by atoms with van der Waals surface area (Å²) >= 11 is 0. The highest BCUT2D eigenvalue weighted by atomic mass is 16.9. The molecule has 23 saturated heterocycles. The summed E-state index contributed by atoms with van der Waals surface area (Å²) in [7, 11) is 0. The summed E-state index contributed by atoms with van der Waals surface area (Å²) in [4.78, 5) is 0. The van der Waals surface area contributed by atoms with E-state index in [0.717, 1.165) is 0 Å². The minimum Gasteiger partial charge on any atom is -0.394 e. The van der Waals surface area contributed by atoms with E-state index in [1.165, 1.54) is 0 Å². The molecule has 0 aromatic carbocycles. The first-order chi connectivity index (χ1) is 37.0. The molecule has 22 N–H and O–H groups in total. The topological polar surface area (TPSA) is 574 Å². The highest BCUT2D eigenvalue weighted by Gasteiger charge is 2.62. The summed E-state index contributed by atoms with van der Waals surface area (Å²) in [5.41, 5.74) is 0. The molecule has 0 radical (unpaired) electrons. The fourth-order valence-corrected chi connectivity index (χ4v) is 10.5. The van der Waals surface area contributed by atoms with Gasteiger partial charge in [0.1, 0.15) is 165 Å². The van der Waals surface area contributed by atoms with Gasteiger partial charge in [-0.3, -0.25) is 0 Å². The lowest BCUT2D eigenvalue weighted by atomic mass is 9.94. The van der Waals surface area contributed by atoms with E-state index in [1.54, 1.807) is 0 Å². The molecule has 0 saturated carbocycles. The van der Waals surface area contributed by atoms with Gasteiger partial charge in [-0.2, -0.15) is 0 Å². The van der Waals surface area contributed by atoms with Crippen LogP contribution in [0.15, 0.2) is 0 Å². The normalized spacial score (nSPS) is 55.6. The molecule has 12 bridgehead atoms. The highest BCUT2D eigenvalue weighted by Crippen LogP contribution is 2.41. The van der Waals surface area contributed by atoms with Crippen LogP contribution in [0.3, 0.4) is 0 Å². The van der Waals surface area contributed by atoms with Crippen molar-refractivity contribution in [1.29, 1.82) is 0 Å². The fraction of sp³-hybridized carbons (Fsp3) is 1.00. The molecule has 23 heterocycles.